The Hall–Kier alpha value is -3.03. The number of benzene rings is 1. The first-order valence-electron chi connectivity index (χ1n) is 14.7. The zero-order valence-electron chi connectivity index (χ0n) is 24.5. The van der Waals surface area contributed by atoms with Crippen molar-refractivity contribution in [2.45, 2.75) is 110 Å². The van der Waals surface area contributed by atoms with Gasteiger partial charge in [0.15, 0.2) is 0 Å². The lowest BCUT2D eigenvalue weighted by Gasteiger charge is -2.39. The molecule has 1 aromatic carbocycles. The standard InChI is InChI=1S/C32H45NO7/c1-31(2)20-19-24(34)14-8-9-16-27(35)39-22-32(3,4)28(36)29(37)33-21-11-10-15-25(33)30(38)40-26(31)18-17-23-12-6-5-7-13-23/h5-7,12-13,25-26H,8-11,14-22H2,1-4H3/t25-,26+/m0/s1. The zero-order chi connectivity index (χ0) is 29.3. The van der Waals surface area contributed by atoms with Crippen LogP contribution in [-0.4, -0.2) is 59.6 Å². The molecule has 0 spiro atoms. The first-order valence-corrected chi connectivity index (χ1v) is 14.7. The highest BCUT2D eigenvalue weighted by molar-refractivity contribution is 6.38. The topological polar surface area (TPSA) is 107 Å². The van der Waals surface area contributed by atoms with E-state index in [-0.39, 0.29) is 25.4 Å². The molecule has 2 aliphatic rings. The number of piperidine rings is 1. The summed E-state index contributed by atoms with van der Waals surface area (Å²) < 4.78 is 11.5. The maximum atomic E-state index is 13.7. The smallest absolute Gasteiger partial charge is 0.329 e. The van der Waals surface area contributed by atoms with Crippen molar-refractivity contribution in [3.05, 3.63) is 35.9 Å². The molecule has 0 unspecified atom stereocenters. The van der Waals surface area contributed by atoms with Gasteiger partial charge in [-0.1, -0.05) is 44.2 Å². The summed E-state index contributed by atoms with van der Waals surface area (Å²) in [5.41, 5.74) is -0.605. The molecule has 2 fully saturated rings. The number of carbonyl (C=O) groups excluding carboxylic acids is 5. The molecule has 0 N–H and O–H groups in total. The van der Waals surface area contributed by atoms with Crippen molar-refractivity contribution in [1.29, 1.82) is 0 Å². The summed E-state index contributed by atoms with van der Waals surface area (Å²) in [6.07, 6.45) is 5.12. The number of amides is 1. The number of ether oxygens (including phenoxy) is 2. The van der Waals surface area contributed by atoms with Crippen molar-refractivity contribution in [2.24, 2.45) is 10.8 Å². The molecule has 8 nitrogen and oxygen atoms in total. The first-order chi connectivity index (χ1) is 18.9. The second-order valence-electron chi connectivity index (χ2n) is 12.6. The van der Waals surface area contributed by atoms with Crippen LogP contribution in [0.5, 0.6) is 0 Å². The third-order valence-corrected chi connectivity index (χ3v) is 8.24. The molecular weight excluding hydrogens is 510 g/mol. The van der Waals surface area contributed by atoms with Crippen LogP contribution in [0.2, 0.25) is 0 Å². The van der Waals surface area contributed by atoms with Gasteiger partial charge in [0.2, 0.25) is 5.78 Å². The number of Topliss-reactive ketones (excluding diaryl/α,β-unsaturated/α-hetero) is 2. The number of carbonyl (C=O) groups is 5. The molecule has 0 bridgehead atoms. The molecule has 1 amide bonds. The molecule has 1 aromatic rings. The summed E-state index contributed by atoms with van der Waals surface area (Å²) in [6, 6.07) is 9.11. The Kier molecular flexibility index (Phi) is 11.1. The van der Waals surface area contributed by atoms with Gasteiger partial charge < -0.3 is 14.4 Å². The highest BCUT2D eigenvalue weighted by Crippen LogP contribution is 2.34. The van der Waals surface area contributed by atoms with Crippen LogP contribution in [0.15, 0.2) is 30.3 Å². The second kappa shape index (κ2) is 14.0. The number of cyclic esters (lactones) is 2. The Morgan fingerprint density at radius 3 is 2.30 bits per heavy atom. The van der Waals surface area contributed by atoms with E-state index < -0.39 is 46.6 Å². The molecule has 0 aromatic heterocycles. The van der Waals surface area contributed by atoms with E-state index >= 15 is 0 Å². The highest BCUT2D eigenvalue weighted by atomic mass is 16.5. The van der Waals surface area contributed by atoms with Gasteiger partial charge in [0.05, 0.1) is 5.41 Å². The summed E-state index contributed by atoms with van der Waals surface area (Å²) >= 11 is 0. The van der Waals surface area contributed by atoms with Crippen molar-refractivity contribution in [3.8, 4) is 0 Å². The summed E-state index contributed by atoms with van der Waals surface area (Å²) in [5.74, 6) is -2.29. The molecule has 8 heteroatoms. The quantitative estimate of drug-likeness (QED) is 0.382. The number of hydrogen-bond acceptors (Lipinski definition) is 7. The fourth-order valence-corrected chi connectivity index (χ4v) is 5.35. The summed E-state index contributed by atoms with van der Waals surface area (Å²) in [4.78, 5) is 66.6. The lowest BCUT2D eigenvalue weighted by molar-refractivity contribution is -0.169. The Morgan fingerprint density at radius 2 is 1.57 bits per heavy atom. The number of ketones is 2. The average Bonchev–Trinajstić information content (AvgIpc) is 2.94. The van der Waals surface area contributed by atoms with E-state index in [0.717, 1.165) is 12.0 Å². The normalized spacial score (nSPS) is 25.6. The van der Waals surface area contributed by atoms with Crippen LogP contribution in [-0.2, 0) is 39.9 Å². The predicted octanol–water partition coefficient (Wildman–Crippen LogP) is 5.00. The van der Waals surface area contributed by atoms with Crippen molar-refractivity contribution in [1.82, 2.24) is 4.90 Å². The van der Waals surface area contributed by atoms with Crippen LogP contribution in [0.3, 0.4) is 0 Å². The molecule has 2 aliphatic heterocycles. The number of nitrogens with zero attached hydrogens (tertiary/aromatic N) is 1. The molecule has 2 heterocycles. The van der Waals surface area contributed by atoms with Crippen molar-refractivity contribution in [2.75, 3.05) is 13.2 Å². The molecule has 0 radical (unpaired) electrons. The molecular formula is C32H45NO7. The largest absolute Gasteiger partial charge is 0.465 e. The predicted molar refractivity (Wildman–Crippen MR) is 150 cm³/mol. The maximum absolute atomic E-state index is 13.7. The molecule has 0 aliphatic carbocycles. The van der Waals surface area contributed by atoms with Gasteiger partial charge in [-0.15, -0.1) is 0 Å². The van der Waals surface area contributed by atoms with Gasteiger partial charge in [-0.3, -0.25) is 19.2 Å². The minimum atomic E-state index is -1.24. The fraction of sp³-hybridized carbons (Fsp3) is 0.656. The number of fused-ring (bicyclic) bond motifs is 1. The van der Waals surface area contributed by atoms with Gasteiger partial charge in [-0.2, -0.15) is 0 Å². The zero-order valence-corrected chi connectivity index (χ0v) is 24.5. The van der Waals surface area contributed by atoms with Gasteiger partial charge in [0.25, 0.3) is 5.91 Å². The van der Waals surface area contributed by atoms with Crippen LogP contribution < -0.4 is 0 Å². The minimum absolute atomic E-state index is 0.114. The lowest BCUT2D eigenvalue weighted by atomic mass is 9.78. The number of rotatable bonds is 3. The molecule has 3 rings (SSSR count). The van der Waals surface area contributed by atoms with Crippen LogP contribution in [0.4, 0.5) is 0 Å². The lowest BCUT2D eigenvalue weighted by Crippen LogP contribution is -2.54. The van der Waals surface area contributed by atoms with E-state index in [2.05, 4.69) is 0 Å². The van der Waals surface area contributed by atoms with Gasteiger partial charge >= 0.3 is 11.9 Å². The molecule has 40 heavy (non-hydrogen) atoms. The molecule has 2 saturated heterocycles. The number of esters is 2. The summed E-state index contributed by atoms with van der Waals surface area (Å²) in [6.45, 7) is 7.22. The van der Waals surface area contributed by atoms with E-state index in [4.69, 9.17) is 9.47 Å². The Bertz CT molecular complexity index is 1060. The van der Waals surface area contributed by atoms with E-state index in [0.29, 0.717) is 57.8 Å². The molecule has 220 valence electrons. The van der Waals surface area contributed by atoms with E-state index in [1.807, 2.05) is 44.2 Å². The van der Waals surface area contributed by atoms with Gasteiger partial charge in [0, 0.05) is 31.2 Å². The third kappa shape index (κ3) is 8.73. The number of aryl methyl sites for hydroxylation is 1. The van der Waals surface area contributed by atoms with Gasteiger partial charge in [-0.05, 0) is 70.8 Å². The van der Waals surface area contributed by atoms with Crippen molar-refractivity contribution in [3.63, 3.8) is 0 Å². The minimum Gasteiger partial charge on any atom is -0.465 e. The van der Waals surface area contributed by atoms with Crippen molar-refractivity contribution >= 4 is 29.4 Å². The Balaban J connectivity index is 1.87. The van der Waals surface area contributed by atoms with Crippen LogP contribution in [0, 0.1) is 10.8 Å². The van der Waals surface area contributed by atoms with Gasteiger partial charge in [0.1, 0.15) is 24.5 Å². The van der Waals surface area contributed by atoms with Crippen LogP contribution >= 0.6 is 0 Å². The summed E-state index contributed by atoms with van der Waals surface area (Å²) in [7, 11) is 0. The Labute approximate surface area is 238 Å². The Morgan fingerprint density at radius 1 is 0.875 bits per heavy atom. The maximum Gasteiger partial charge on any atom is 0.329 e. The van der Waals surface area contributed by atoms with E-state index in [1.165, 1.54) is 4.90 Å². The molecule has 0 saturated carbocycles. The van der Waals surface area contributed by atoms with E-state index in [9.17, 15) is 24.0 Å². The van der Waals surface area contributed by atoms with Crippen LogP contribution in [0.1, 0.15) is 97.5 Å². The van der Waals surface area contributed by atoms with Crippen LogP contribution in [0.25, 0.3) is 0 Å². The number of hydrogen-bond donors (Lipinski definition) is 0. The summed E-state index contributed by atoms with van der Waals surface area (Å²) in [5, 5.41) is 0. The first kappa shape index (κ1) is 31.5. The van der Waals surface area contributed by atoms with E-state index in [1.54, 1.807) is 13.8 Å². The second-order valence-corrected chi connectivity index (χ2v) is 12.6. The fourth-order valence-electron chi connectivity index (χ4n) is 5.35. The SMILES string of the molecule is CC1(C)COC(=O)CCCCC(=O)CCC(C)(C)[C@@H](CCc2ccccc2)OC(=O)[C@@H]2CCCCN2C(=O)C1=O. The average molecular weight is 556 g/mol. The molecule has 2 atom stereocenters. The monoisotopic (exact) mass is 555 g/mol. The third-order valence-electron chi connectivity index (χ3n) is 8.24. The van der Waals surface area contributed by atoms with Gasteiger partial charge in [-0.25, -0.2) is 4.79 Å². The van der Waals surface area contributed by atoms with Crippen molar-refractivity contribution < 1.29 is 33.4 Å². The highest BCUT2D eigenvalue weighted by Gasteiger charge is 2.43.